The summed E-state index contributed by atoms with van der Waals surface area (Å²) < 4.78 is 0. The monoisotopic (exact) mass is 160 g/mol. The molecule has 0 atom stereocenters. The predicted molar refractivity (Wildman–Crippen MR) is 47.9 cm³/mol. The summed E-state index contributed by atoms with van der Waals surface area (Å²) in [4.78, 5) is 0. The van der Waals surface area contributed by atoms with Gasteiger partial charge in [-0.15, -0.1) is 0 Å². The van der Waals surface area contributed by atoms with E-state index < -0.39 is 0 Å². The molecular weight excluding hydrogens is 148 g/mol. The Morgan fingerprint density at radius 2 is 1.75 bits per heavy atom. The molecule has 0 unspecified atom stereocenters. The third-order valence-corrected chi connectivity index (χ3v) is 1.21. The maximum absolute atomic E-state index is 8.44. The zero-order valence-corrected chi connectivity index (χ0v) is 7.63. The fraction of sp³-hybridized carbons (Fsp3) is 0.400. The summed E-state index contributed by atoms with van der Waals surface area (Å²) in [5, 5.41) is 16.9. The zero-order chi connectivity index (χ0) is 9.56. The lowest BCUT2D eigenvalue weighted by molar-refractivity contribution is 0.825. The van der Waals surface area contributed by atoms with Crippen LogP contribution < -0.4 is 0 Å². The number of nitriles is 2. The van der Waals surface area contributed by atoms with Gasteiger partial charge in [-0.2, -0.15) is 10.5 Å². The lowest BCUT2D eigenvalue weighted by Crippen LogP contribution is -1.82. The molecule has 0 heterocycles. The van der Waals surface area contributed by atoms with Crippen LogP contribution in [0.5, 0.6) is 0 Å². The molecule has 62 valence electrons. The van der Waals surface area contributed by atoms with Crippen molar-refractivity contribution < 1.29 is 0 Å². The number of allylic oxidation sites excluding steroid dienone is 4. The molecule has 0 aromatic heterocycles. The molecule has 0 aromatic carbocycles. The lowest BCUT2D eigenvalue weighted by atomic mass is 10.1. The van der Waals surface area contributed by atoms with Crippen LogP contribution in [-0.2, 0) is 0 Å². The molecule has 0 fully saturated rings. The third kappa shape index (κ3) is 4.30. The Balaban J connectivity index is 4.57. The first-order valence-electron chi connectivity index (χ1n) is 3.80. The Morgan fingerprint density at radius 3 is 2.08 bits per heavy atom. The van der Waals surface area contributed by atoms with E-state index in [0.717, 1.165) is 5.57 Å². The molecule has 0 amide bonds. The van der Waals surface area contributed by atoms with Crippen molar-refractivity contribution in [3.63, 3.8) is 0 Å². The van der Waals surface area contributed by atoms with E-state index in [-0.39, 0.29) is 5.57 Å². The second-order valence-corrected chi connectivity index (χ2v) is 2.94. The molecule has 0 spiro atoms. The van der Waals surface area contributed by atoms with Gasteiger partial charge >= 0.3 is 0 Å². The molecule has 0 aliphatic heterocycles. The molecule has 0 bridgehead atoms. The van der Waals surface area contributed by atoms with Crippen LogP contribution in [0.25, 0.3) is 0 Å². The summed E-state index contributed by atoms with van der Waals surface area (Å²) >= 11 is 0. The van der Waals surface area contributed by atoms with Gasteiger partial charge in [0, 0.05) is 0 Å². The van der Waals surface area contributed by atoms with Gasteiger partial charge in [0.15, 0.2) is 0 Å². The normalized spacial score (nSPS) is 10.3. The van der Waals surface area contributed by atoms with Gasteiger partial charge < -0.3 is 0 Å². The van der Waals surface area contributed by atoms with Crippen molar-refractivity contribution in [3.05, 3.63) is 23.3 Å². The summed E-state index contributed by atoms with van der Waals surface area (Å²) in [5.41, 5.74) is 1.12. The second kappa shape index (κ2) is 5.16. The standard InChI is InChI=1S/C10H12N2/c1-8(2)4-9(3)5-10(6-11)7-12/h4-5,8H,1-3H3/b9-4+. The van der Waals surface area contributed by atoms with Crippen LogP contribution in [-0.4, -0.2) is 0 Å². The minimum atomic E-state index is 0.157. The van der Waals surface area contributed by atoms with Crippen LogP contribution in [0.2, 0.25) is 0 Å². The van der Waals surface area contributed by atoms with Crippen LogP contribution >= 0.6 is 0 Å². The third-order valence-electron chi connectivity index (χ3n) is 1.21. The van der Waals surface area contributed by atoms with E-state index >= 15 is 0 Å². The molecule has 12 heavy (non-hydrogen) atoms. The maximum Gasteiger partial charge on any atom is 0.129 e. The SMILES string of the molecule is C/C(C=C(C#N)C#N)=C\C(C)C. The van der Waals surface area contributed by atoms with E-state index in [1.807, 2.05) is 25.1 Å². The fourth-order valence-corrected chi connectivity index (χ4v) is 0.891. The first-order valence-corrected chi connectivity index (χ1v) is 3.80. The molecule has 0 aliphatic carbocycles. The van der Waals surface area contributed by atoms with Crippen LogP contribution in [0.3, 0.4) is 0 Å². The molecular formula is C10H12N2. The average molecular weight is 160 g/mol. The van der Waals surface area contributed by atoms with Crippen molar-refractivity contribution >= 4 is 0 Å². The van der Waals surface area contributed by atoms with Crippen LogP contribution in [0.4, 0.5) is 0 Å². The Kier molecular flexibility index (Phi) is 4.49. The van der Waals surface area contributed by atoms with Crippen molar-refractivity contribution in [1.82, 2.24) is 0 Å². The number of rotatable bonds is 2. The van der Waals surface area contributed by atoms with Gasteiger partial charge in [-0.05, 0) is 18.9 Å². The predicted octanol–water partition coefficient (Wildman–Crippen LogP) is 2.56. The summed E-state index contributed by atoms with van der Waals surface area (Å²) in [6, 6.07) is 3.63. The van der Waals surface area contributed by atoms with Crippen molar-refractivity contribution in [2.75, 3.05) is 0 Å². The first kappa shape index (κ1) is 10.5. The number of hydrogen-bond acceptors (Lipinski definition) is 2. The molecule has 0 N–H and O–H groups in total. The Bertz CT molecular complexity index is 266. The maximum atomic E-state index is 8.44. The fourth-order valence-electron chi connectivity index (χ4n) is 0.891. The molecule has 0 aliphatic rings. The molecule has 0 saturated heterocycles. The Labute approximate surface area is 73.4 Å². The molecule has 2 nitrogen and oxygen atoms in total. The van der Waals surface area contributed by atoms with Crippen molar-refractivity contribution in [2.24, 2.45) is 5.92 Å². The van der Waals surface area contributed by atoms with Crippen molar-refractivity contribution in [2.45, 2.75) is 20.8 Å². The van der Waals surface area contributed by atoms with Gasteiger partial charge in [0.1, 0.15) is 17.7 Å². The van der Waals surface area contributed by atoms with E-state index in [1.165, 1.54) is 0 Å². The van der Waals surface area contributed by atoms with E-state index in [2.05, 4.69) is 13.8 Å². The summed E-state index contributed by atoms with van der Waals surface area (Å²) in [6.45, 7) is 5.99. The summed E-state index contributed by atoms with van der Waals surface area (Å²) in [6.07, 6.45) is 3.61. The minimum Gasteiger partial charge on any atom is -0.192 e. The largest absolute Gasteiger partial charge is 0.192 e. The number of nitrogens with zero attached hydrogens (tertiary/aromatic N) is 2. The molecule has 0 saturated carbocycles. The highest BCUT2D eigenvalue weighted by Crippen LogP contribution is 2.05. The van der Waals surface area contributed by atoms with Crippen molar-refractivity contribution in [1.29, 1.82) is 10.5 Å². The molecule has 0 rings (SSSR count). The van der Waals surface area contributed by atoms with Gasteiger partial charge in [-0.3, -0.25) is 0 Å². The van der Waals surface area contributed by atoms with E-state index in [1.54, 1.807) is 6.08 Å². The second-order valence-electron chi connectivity index (χ2n) is 2.94. The van der Waals surface area contributed by atoms with Crippen LogP contribution in [0.1, 0.15) is 20.8 Å². The summed E-state index contributed by atoms with van der Waals surface area (Å²) in [7, 11) is 0. The van der Waals surface area contributed by atoms with E-state index in [9.17, 15) is 0 Å². The van der Waals surface area contributed by atoms with E-state index in [0.29, 0.717) is 5.92 Å². The molecule has 2 heteroatoms. The highest BCUT2D eigenvalue weighted by atomic mass is 14.3. The Hall–Kier alpha value is -1.54. The van der Waals surface area contributed by atoms with Gasteiger partial charge in [-0.1, -0.05) is 25.5 Å². The number of hydrogen-bond donors (Lipinski definition) is 0. The van der Waals surface area contributed by atoms with Gasteiger partial charge in [0.2, 0.25) is 0 Å². The molecule has 0 radical (unpaired) electrons. The highest BCUT2D eigenvalue weighted by molar-refractivity contribution is 5.40. The average Bonchev–Trinajstić information content (AvgIpc) is 1.98. The topological polar surface area (TPSA) is 47.6 Å². The Morgan fingerprint density at radius 1 is 1.25 bits per heavy atom. The van der Waals surface area contributed by atoms with Gasteiger partial charge in [0.25, 0.3) is 0 Å². The van der Waals surface area contributed by atoms with Crippen LogP contribution in [0, 0.1) is 28.6 Å². The van der Waals surface area contributed by atoms with Crippen LogP contribution in [0.15, 0.2) is 23.3 Å². The van der Waals surface area contributed by atoms with E-state index in [4.69, 9.17) is 10.5 Å². The lowest BCUT2D eigenvalue weighted by Gasteiger charge is -1.95. The summed E-state index contributed by atoms with van der Waals surface area (Å²) in [5.74, 6) is 0.444. The van der Waals surface area contributed by atoms with Crippen molar-refractivity contribution in [3.8, 4) is 12.1 Å². The highest BCUT2D eigenvalue weighted by Gasteiger charge is 1.93. The van der Waals surface area contributed by atoms with Gasteiger partial charge in [-0.25, -0.2) is 0 Å². The zero-order valence-electron chi connectivity index (χ0n) is 7.63. The first-order chi connectivity index (χ1) is 5.60. The molecule has 0 aromatic rings. The quantitative estimate of drug-likeness (QED) is 0.460. The smallest absolute Gasteiger partial charge is 0.129 e. The van der Waals surface area contributed by atoms with Gasteiger partial charge in [0.05, 0.1) is 0 Å². The minimum absolute atomic E-state index is 0.157.